The molecule has 0 saturated heterocycles. The van der Waals surface area contributed by atoms with Gasteiger partial charge in [0.1, 0.15) is 5.52 Å². The second kappa shape index (κ2) is 3.36. The van der Waals surface area contributed by atoms with E-state index in [0.29, 0.717) is 5.52 Å². The van der Waals surface area contributed by atoms with Crippen LogP contribution in [0.1, 0.15) is 0 Å². The molecule has 0 atom stereocenters. The Hall–Kier alpha value is -1.69. The van der Waals surface area contributed by atoms with Gasteiger partial charge in [-0.2, -0.15) is 0 Å². The van der Waals surface area contributed by atoms with Gasteiger partial charge in [-0.05, 0) is 16.4 Å². The smallest absolute Gasteiger partial charge is 0.258 e. The molecule has 0 unspecified atom stereocenters. The predicted molar refractivity (Wildman–Crippen MR) is 45.7 cm³/mol. The number of halogens is 1. The van der Waals surface area contributed by atoms with Crippen molar-refractivity contribution in [1.29, 1.82) is 0 Å². The minimum absolute atomic E-state index is 0. The summed E-state index contributed by atoms with van der Waals surface area (Å²) in [5.74, 6) is 0. The minimum Gasteiger partial charge on any atom is -0.258 e. The number of rotatable bonds is 1. The quantitative estimate of drug-likeness (QED) is 0.516. The molecule has 0 aliphatic heterocycles. The molecule has 13 heavy (non-hydrogen) atoms. The highest BCUT2D eigenvalue weighted by Gasteiger charge is 2.14. The van der Waals surface area contributed by atoms with Gasteiger partial charge < -0.3 is 0 Å². The van der Waals surface area contributed by atoms with E-state index in [1.54, 1.807) is 6.07 Å². The summed E-state index contributed by atoms with van der Waals surface area (Å²) < 4.78 is 4.35. The maximum atomic E-state index is 10.4. The predicted octanol–water partition coefficient (Wildman–Crippen LogP) is 1.55. The van der Waals surface area contributed by atoms with E-state index in [9.17, 15) is 10.1 Å². The van der Waals surface area contributed by atoms with Crippen molar-refractivity contribution < 1.29 is 9.55 Å². The van der Waals surface area contributed by atoms with Gasteiger partial charge in [-0.15, -0.1) is 12.4 Å². The summed E-state index contributed by atoms with van der Waals surface area (Å²) in [6.07, 6.45) is 0. The van der Waals surface area contributed by atoms with Crippen LogP contribution in [-0.2, 0) is 0 Å². The Morgan fingerprint density at radius 2 is 2.15 bits per heavy atom. The van der Waals surface area contributed by atoms with E-state index in [1.807, 2.05) is 0 Å². The summed E-state index contributed by atoms with van der Waals surface area (Å²) in [6, 6.07) is 4.48. The number of aromatic nitrogens is 2. The average Bonchev–Trinajstić information content (AvgIpc) is 2.49. The first-order valence-corrected chi connectivity index (χ1v) is 3.15. The highest BCUT2D eigenvalue weighted by Crippen LogP contribution is 2.21. The molecule has 0 bridgehead atoms. The van der Waals surface area contributed by atoms with Crippen LogP contribution in [0.3, 0.4) is 0 Å². The lowest BCUT2D eigenvalue weighted by Gasteiger charge is -1.87. The molecule has 0 spiro atoms. The Balaban J connectivity index is 0.000000845. The zero-order valence-electron chi connectivity index (χ0n) is 6.21. The molecule has 1 aromatic heterocycles. The fraction of sp³-hybridized carbons (Fsp3) is 0. The number of hydrogen-bond acceptors (Lipinski definition) is 5. The maximum Gasteiger partial charge on any atom is 0.300 e. The lowest BCUT2D eigenvalue weighted by Crippen LogP contribution is -1.88. The fourth-order valence-corrected chi connectivity index (χ4v) is 0.939. The maximum absolute atomic E-state index is 10.4. The summed E-state index contributed by atoms with van der Waals surface area (Å²) in [7, 11) is 0. The topological polar surface area (TPSA) is 82.1 Å². The second-order valence-electron chi connectivity index (χ2n) is 2.17. The normalized spacial score (nSPS) is 9.54. The van der Waals surface area contributed by atoms with Crippen molar-refractivity contribution in [3.8, 4) is 0 Å². The first-order chi connectivity index (χ1) is 5.79. The van der Waals surface area contributed by atoms with Crippen molar-refractivity contribution in [2.75, 3.05) is 0 Å². The molecule has 0 aliphatic carbocycles. The van der Waals surface area contributed by atoms with E-state index in [1.165, 1.54) is 12.1 Å². The van der Waals surface area contributed by atoms with Crippen LogP contribution in [0, 0.1) is 10.1 Å². The van der Waals surface area contributed by atoms with Gasteiger partial charge in [-0.25, -0.2) is 4.63 Å². The van der Waals surface area contributed by atoms with E-state index in [-0.39, 0.29) is 23.6 Å². The fourth-order valence-electron chi connectivity index (χ4n) is 0.939. The molecule has 0 N–H and O–H groups in total. The third kappa shape index (κ3) is 1.43. The molecule has 2 rings (SSSR count). The molecule has 6 nitrogen and oxygen atoms in total. The number of hydrogen-bond donors (Lipinski definition) is 0. The Labute approximate surface area is 78.1 Å². The van der Waals surface area contributed by atoms with Crippen LogP contribution >= 0.6 is 12.4 Å². The third-order valence-corrected chi connectivity index (χ3v) is 1.46. The van der Waals surface area contributed by atoms with Gasteiger partial charge in [0.05, 0.1) is 4.92 Å². The molecule has 68 valence electrons. The van der Waals surface area contributed by atoms with Crippen LogP contribution in [0.25, 0.3) is 11.0 Å². The van der Waals surface area contributed by atoms with E-state index in [0.717, 1.165) is 0 Å². The Kier molecular flexibility index (Phi) is 2.43. The summed E-state index contributed by atoms with van der Waals surface area (Å²) in [4.78, 5) is 9.89. The van der Waals surface area contributed by atoms with Crippen LogP contribution in [-0.4, -0.2) is 15.2 Å². The molecule has 0 radical (unpaired) electrons. The molecule has 1 aromatic carbocycles. The molecule has 7 heteroatoms. The second-order valence-corrected chi connectivity index (χ2v) is 2.17. The molecule has 2 aromatic rings. The summed E-state index contributed by atoms with van der Waals surface area (Å²) >= 11 is 0. The molecule has 0 saturated carbocycles. The van der Waals surface area contributed by atoms with E-state index in [2.05, 4.69) is 14.9 Å². The Morgan fingerprint density at radius 3 is 2.85 bits per heavy atom. The minimum atomic E-state index is -0.521. The highest BCUT2D eigenvalue weighted by atomic mass is 35.5. The van der Waals surface area contributed by atoms with Crippen molar-refractivity contribution >= 4 is 29.1 Å². The van der Waals surface area contributed by atoms with Gasteiger partial charge in [0.15, 0.2) is 0 Å². The lowest BCUT2D eigenvalue weighted by atomic mass is 10.3. The van der Waals surface area contributed by atoms with Crippen molar-refractivity contribution in [2.24, 2.45) is 0 Å². The van der Waals surface area contributed by atoms with Gasteiger partial charge in [-0.1, -0.05) is 6.07 Å². The Morgan fingerprint density at radius 1 is 1.38 bits per heavy atom. The van der Waals surface area contributed by atoms with Crippen LogP contribution in [0.2, 0.25) is 0 Å². The molecule has 0 aliphatic rings. The monoisotopic (exact) mass is 201 g/mol. The van der Waals surface area contributed by atoms with Crippen molar-refractivity contribution in [1.82, 2.24) is 10.3 Å². The summed E-state index contributed by atoms with van der Waals surface area (Å²) in [5, 5.41) is 17.3. The van der Waals surface area contributed by atoms with Crippen LogP contribution in [0.4, 0.5) is 5.69 Å². The first kappa shape index (κ1) is 9.40. The molecule has 0 amide bonds. The van der Waals surface area contributed by atoms with Crippen LogP contribution in [0.5, 0.6) is 0 Å². The molecular weight excluding hydrogens is 198 g/mol. The molecule has 1 heterocycles. The number of non-ortho nitro benzene ring substituents is 1. The Bertz CT molecular complexity index is 441. The van der Waals surface area contributed by atoms with Crippen molar-refractivity contribution in [3.05, 3.63) is 28.3 Å². The van der Waals surface area contributed by atoms with Crippen LogP contribution < -0.4 is 0 Å². The van der Waals surface area contributed by atoms with Gasteiger partial charge in [0.2, 0.25) is 5.52 Å². The van der Waals surface area contributed by atoms with Crippen LogP contribution in [0.15, 0.2) is 22.8 Å². The number of nitrogens with zero attached hydrogens (tertiary/aromatic N) is 3. The largest absolute Gasteiger partial charge is 0.300 e. The van der Waals surface area contributed by atoms with Crippen molar-refractivity contribution in [2.45, 2.75) is 0 Å². The number of fused-ring (bicyclic) bond motifs is 1. The van der Waals surface area contributed by atoms with Gasteiger partial charge in [0, 0.05) is 6.07 Å². The zero-order chi connectivity index (χ0) is 8.55. The van der Waals surface area contributed by atoms with Gasteiger partial charge >= 0.3 is 5.69 Å². The lowest BCUT2D eigenvalue weighted by molar-refractivity contribution is -0.383. The SMILES string of the molecule is Cl.O=[N+]([O-])c1cccc2nonc12. The standard InChI is InChI=1S/C6H3N3O3.ClH/c10-9(11)5-3-1-2-4-6(5)8-12-7-4;/h1-3H;1H. The average molecular weight is 202 g/mol. The summed E-state index contributed by atoms with van der Waals surface area (Å²) in [5.41, 5.74) is 0.487. The van der Waals surface area contributed by atoms with E-state index >= 15 is 0 Å². The number of benzene rings is 1. The van der Waals surface area contributed by atoms with E-state index in [4.69, 9.17) is 0 Å². The van der Waals surface area contributed by atoms with E-state index < -0.39 is 4.92 Å². The van der Waals surface area contributed by atoms with Crippen molar-refractivity contribution in [3.63, 3.8) is 0 Å². The first-order valence-electron chi connectivity index (χ1n) is 3.15. The summed E-state index contributed by atoms with van der Waals surface area (Å²) in [6.45, 7) is 0. The highest BCUT2D eigenvalue weighted by molar-refractivity contribution is 5.85. The zero-order valence-corrected chi connectivity index (χ0v) is 7.02. The molecular formula is C6H4ClN3O3. The number of nitro groups is 1. The number of nitro benzene ring substituents is 1. The molecule has 0 fully saturated rings. The van der Waals surface area contributed by atoms with Gasteiger partial charge in [0.25, 0.3) is 0 Å². The van der Waals surface area contributed by atoms with Gasteiger partial charge in [-0.3, -0.25) is 10.1 Å². The third-order valence-electron chi connectivity index (χ3n) is 1.46.